The molecule has 0 spiro atoms. The van der Waals surface area contributed by atoms with E-state index in [4.69, 9.17) is 29.6 Å². The van der Waals surface area contributed by atoms with Gasteiger partial charge in [-0.15, -0.1) is 0 Å². The first-order chi connectivity index (χ1) is 9.88. The van der Waals surface area contributed by atoms with E-state index >= 15 is 0 Å². The molecular weight excluding hydrogens is 379 g/mol. The van der Waals surface area contributed by atoms with Crippen LogP contribution in [0.4, 0.5) is 10.1 Å². The molecule has 0 saturated carbocycles. The summed E-state index contributed by atoms with van der Waals surface area (Å²) in [6.45, 7) is 0. The molecule has 21 heavy (non-hydrogen) atoms. The predicted octanol–water partition coefficient (Wildman–Crippen LogP) is 4.13. The lowest BCUT2D eigenvalue weighted by Crippen LogP contribution is -2.15. The molecule has 2 aromatic carbocycles. The lowest BCUT2D eigenvalue weighted by molar-refractivity contribution is 0.102. The molecule has 0 heterocycles. The third-order valence-corrected chi connectivity index (χ3v) is 3.81. The van der Waals surface area contributed by atoms with Crippen molar-refractivity contribution in [3.8, 4) is 0 Å². The largest absolute Gasteiger partial charge is 0.389 e. The van der Waals surface area contributed by atoms with Crippen LogP contribution in [0.1, 0.15) is 15.9 Å². The molecule has 2 aromatic rings. The Morgan fingerprint density at radius 3 is 2.62 bits per heavy atom. The van der Waals surface area contributed by atoms with Crippen molar-refractivity contribution in [2.75, 3.05) is 5.32 Å². The van der Waals surface area contributed by atoms with Crippen molar-refractivity contribution in [2.24, 2.45) is 5.73 Å². The molecule has 7 heteroatoms. The van der Waals surface area contributed by atoms with E-state index in [2.05, 4.69) is 21.2 Å². The van der Waals surface area contributed by atoms with Crippen molar-refractivity contribution in [3.63, 3.8) is 0 Å². The molecule has 1 amide bonds. The van der Waals surface area contributed by atoms with Crippen LogP contribution in [-0.2, 0) is 0 Å². The number of benzene rings is 2. The first-order valence-electron chi connectivity index (χ1n) is 5.74. The standard InChI is InChI=1S/C14H9BrClFN2OS/c15-11-3-1-7(16)5-9(11)14(20)19-8-2-4-12(17)10(6-8)13(18)21/h1-6H,(H2,18,21)(H,19,20). The van der Waals surface area contributed by atoms with Gasteiger partial charge in [0.1, 0.15) is 10.8 Å². The smallest absolute Gasteiger partial charge is 0.256 e. The number of hydrogen-bond acceptors (Lipinski definition) is 2. The van der Waals surface area contributed by atoms with Gasteiger partial charge in [0.05, 0.1) is 5.56 Å². The molecule has 0 saturated heterocycles. The number of nitrogens with one attached hydrogen (secondary N) is 1. The summed E-state index contributed by atoms with van der Waals surface area (Å²) >= 11 is 13.9. The van der Waals surface area contributed by atoms with Gasteiger partial charge in [-0.25, -0.2) is 4.39 Å². The van der Waals surface area contributed by atoms with Gasteiger partial charge in [-0.3, -0.25) is 4.79 Å². The predicted molar refractivity (Wildman–Crippen MR) is 89.4 cm³/mol. The number of anilines is 1. The van der Waals surface area contributed by atoms with Crippen LogP contribution in [0.2, 0.25) is 5.02 Å². The fourth-order valence-electron chi connectivity index (χ4n) is 1.66. The average Bonchev–Trinajstić information content (AvgIpc) is 2.43. The topological polar surface area (TPSA) is 55.1 Å². The van der Waals surface area contributed by atoms with Gasteiger partial charge < -0.3 is 11.1 Å². The van der Waals surface area contributed by atoms with E-state index in [9.17, 15) is 9.18 Å². The molecule has 2 rings (SSSR count). The Kier molecular flexibility index (Phi) is 4.92. The van der Waals surface area contributed by atoms with Crippen molar-refractivity contribution in [3.05, 3.63) is 62.8 Å². The maximum absolute atomic E-state index is 13.5. The lowest BCUT2D eigenvalue weighted by Gasteiger charge is -2.09. The summed E-state index contributed by atoms with van der Waals surface area (Å²) < 4.78 is 14.1. The zero-order valence-corrected chi connectivity index (χ0v) is 13.7. The molecule has 0 fully saturated rings. The summed E-state index contributed by atoms with van der Waals surface area (Å²) in [5.74, 6) is -0.922. The number of amides is 1. The molecule has 0 aliphatic carbocycles. The number of hydrogen-bond donors (Lipinski definition) is 2. The molecule has 108 valence electrons. The second kappa shape index (κ2) is 6.51. The van der Waals surface area contributed by atoms with Crippen LogP contribution < -0.4 is 11.1 Å². The van der Waals surface area contributed by atoms with Gasteiger partial charge in [-0.1, -0.05) is 23.8 Å². The summed E-state index contributed by atoms with van der Waals surface area (Å²) in [7, 11) is 0. The van der Waals surface area contributed by atoms with Gasteiger partial charge in [0, 0.05) is 20.7 Å². The van der Waals surface area contributed by atoms with Gasteiger partial charge in [0.2, 0.25) is 0 Å². The lowest BCUT2D eigenvalue weighted by atomic mass is 10.1. The summed E-state index contributed by atoms with van der Waals surface area (Å²) in [5, 5.41) is 3.08. The first-order valence-corrected chi connectivity index (χ1v) is 7.32. The Morgan fingerprint density at radius 2 is 1.95 bits per heavy atom. The summed E-state index contributed by atoms with van der Waals surface area (Å²) in [4.78, 5) is 12.1. The molecule has 0 bridgehead atoms. The van der Waals surface area contributed by atoms with E-state index < -0.39 is 5.82 Å². The van der Waals surface area contributed by atoms with Crippen LogP contribution >= 0.6 is 39.7 Å². The van der Waals surface area contributed by atoms with E-state index in [0.717, 1.165) is 0 Å². The monoisotopic (exact) mass is 386 g/mol. The number of rotatable bonds is 3. The Morgan fingerprint density at radius 1 is 1.24 bits per heavy atom. The van der Waals surface area contributed by atoms with Crippen LogP contribution in [0.15, 0.2) is 40.9 Å². The molecule has 0 aromatic heterocycles. The molecule has 0 radical (unpaired) electrons. The van der Waals surface area contributed by atoms with Gasteiger partial charge in [0.25, 0.3) is 5.91 Å². The highest BCUT2D eigenvalue weighted by Gasteiger charge is 2.13. The molecule has 3 nitrogen and oxygen atoms in total. The number of nitrogens with two attached hydrogens (primary N) is 1. The second-order valence-corrected chi connectivity index (χ2v) is 5.87. The third-order valence-electron chi connectivity index (χ3n) is 2.66. The van der Waals surface area contributed by atoms with E-state index in [0.29, 0.717) is 20.7 Å². The minimum absolute atomic E-state index is 0.0764. The third kappa shape index (κ3) is 3.78. The number of carbonyl (C=O) groups is 1. The molecule has 0 aliphatic heterocycles. The number of thiocarbonyl (C=S) groups is 1. The van der Waals surface area contributed by atoms with Crippen LogP contribution in [0.3, 0.4) is 0 Å². The highest BCUT2D eigenvalue weighted by Crippen LogP contribution is 2.23. The Hall–Kier alpha value is -1.50. The van der Waals surface area contributed by atoms with Crippen molar-refractivity contribution in [2.45, 2.75) is 0 Å². The van der Waals surface area contributed by atoms with Crippen molar-refractivity contribution in [1.29, 1.82) is 0 Å². The van der Waals surface area contributed by atoms with Gasteiger partial charge in [-0.05, 0) is 52.3 Å². The highest BCUT2D eigenvalue weighted by molar-refractivity contribution is 9.10. The van der Waals surface area contributed by atoms with Gasteiger partial charge in [0.15, 0.2) is 0 Å². The minimum atomic E-state index is -0.538. The van der Waals surface area contributed by atoms with Gasteiger partial charge >= 0.3 is 0 Å². The first kappa shape index (κ1) is 15.9. The maximum Gasteiger partial charge on any atom is 0.256 e. The second-order valence-electron chi connectivity index (χ2n) is 4.14. The SMILES string of the molecule is NC(=S)c1cc(NC(=O)c2cc(Cl)ccc2Br)ccc1F. The van der Waals surface area contributed by atoms with Crippen molar-refractivity contribution < 1.29 is 9.18 Å². The van der Waals surface area contributed by atoms with Crippen LogP contribution in [0, 0.1) is 5.82 Å². The van der Waals surface area contributed by atoms with E-state index in [1.54, 1.807) is 12.1 Å². The van der Waals surface area contributed by atoms with Gasteiger partial charge in [-0.2, -0.15) is 0 Å². The van der Waals surface area contributed by atoms with Crippen LogP contribution in [-0.4, -0.2) is 10.9 Å². The van der Waals surface area contributed by atoms with E-state index in [-0.39, 0.29) is 16.5 Å². The zero-order valence-electron chi connectivity index (χ0n) is 10.5. The Labute approximate surface area is 139 Å². The quantitative estimate of drug-likeness (QED) is 0.779. The molecule has 0 aliphatic rings. The highest BCUT2D eigenvalue weighted by atomic mass is 79.9. The number of halogens is 3. The molecule has 3 N–H and O–H groups in total. The Balaban J connectivity index is 2.29. The van der Waals surface area contributed by atoms with Crippen molar-refractivity contribution >= 4 is 56.3 Å². The Bertz CT molecular complexity index is 739. The van der Waals surface area contributed by atoms with Crippen LogP contribution in [0.25, 0.3) is 0 Å². The fourth-order valence-corrected chi connectivity index (χ4v) is 2.42. The summed E-state index contributed by atoms with van der Waals surface area (Å²) in [6, 6.07) is 8.85. The summed E-state index contributed by atoms with van der Waals surface area (Å²) in [6.07, 6.45) is 0. The van der Waals surface area contributed by atoms with Crippen molar-refractivity contribution in [1.82, 2.24) is 0 Å². The number of carbonyl (C=O) groups excluding carboxylic acids is 1. The normalized spacial score (nSPS) is 10.2. The van der Waals surface area contributed by atoms with E-state index in [1.165, 1.54) is 24.3 Å². The zero-order chi connectivity index (χ0) is 15.6. The maximum atomic E-state index is 13.5. The molecular formula is C14H9BrClFN2OS. The average molecular weight is 388 g/mol. The van der Waals surface area contributed by atoms with E-state index in [1.807, 2.05) is 0 Å². The molecule has 0 atom stereocenters. The fraction of sp³-hybridized carbons (Fsp3) is 0. The summed E-state index contributed by atoms with van der Waals surface area (Å²) in [5.41, 5.74) is 6.25. The molecule has 0 unspecified atom stereocenters. The van der Waals surface area contributed by atoms with Crippen LogP contribution in [0.5, 0.6) is 0 Å². The minimum Gasteiger partial charge on any atom is -0.389 e.